The summed E-state index contributed by atoms with van der Waals surface area (Å²) in [4.78, 5) is 17.6. The fourth-order valence-electron chi connectivity index (χ4n) is 3.37. The van der Waals surface area contributed by atoms with E-state index in [1.54, 1.807) is 7.11 Å². The average molecular weight is 392 g/mol. The summed E-state index contributed by atoms with van der Waals surface area (Å²) in [5.74, 6) is 0.501. The third-order valence-corrected chi connectivity index (χ3v) is 5.05. The van der Waals surface area contributed by atoms with Gasteiger partial charge in [0.1, 0.15) is 5.75 Å². The number of carbonyl (C=O) groups is 1. The number of methoxy groups -OCH3 is 1. The lowest BCUT2D eigenvalue weighted by molar-refractivity contribution is 0.0500. The monoisotopic (exact) mass is 391 g/mol. The Bertz CT molecular complexity index is 964. The van der Waals surface area contributed by atoms with E-state index in [4.69, 9.17) is 14.5 Å². The lowest BCUT2D eigenvalue weighted by Crippen LogP contribution is -2.08. The quantitative estimate of drug-likeness (QED) is 0.315. The Kier molecular flexibility index (Phi) is 7.23. The van der Waals surface area contributed by atoms with Crippen LogP contribution in [-0.4, -0.2) is 24.7 Å². The molecule has 4 nitrogen and oxygen atoms in total. The predicted octanol–water partition coefficient (Wildman–Crippen LogP) is 6.35. The van der Waals surface area contributed by atoms with E-state index in [0.717, 1.165) is 46.3 Å². The first kappa shape index (κ1) is 20.8. The largest absolute Gasteiger partial charge is 0.497 e. The van der Waals surface area contributed by atoms with E-state index in [1.807, 2.05) is 55.5 Å². The standard InChI is InChI=1S/C25H29NO3/c1-4-5-6-7-8-15-29-25(27)22-17-24(19-10-12-20(28-3)13-11-19)26-23-14-9-18(2)16-21(22)23/h9-14,16-17H,4-8,15H2,1-3H3. The Labute approximate surface area is 172 Å². The first-order valence-corrected chi connectivity index (χ1v) is 10.4. The molecule has 0 radical (unpaired) electrons. The molecule has 3 rings (SSSR count). The van der Waals surface area contributed by atoms with E-state index in [-0.39, 0.29) is 5.97 Å². The molecule has 0 unspecified atom stereocenters. The minimum atomic E-state index is -0.284. The highest BCUT2D eigenvalue weighted by molar-refractivity contribution is 6.04. The summed E-state index contributed by atoms with van der Waals surface area (Å²) in [6.45, 7) is 4.66. The molecule has 0 bridgehead atoms. The number of benzene rings is 2. The molecule has 3 aromatic rings. The number of fused-ring (bicyclic) bond motifs is 1. The number of hydrogen-bond donors (Lipinski definition) is 0. The highest BCUT2D eigenvalue weighted by Crippen LogP contribution is 2.27. The number of esters is 1. The van der Waals surface area contributed by atoms with Crippen molar-refractivity contribution in [3.63, 3.8) is 0 Å². The summed E-state index contributed by atoms with van der Waals surface area (Å²) in [5.41, 5.74) is 4.13. The molecule has 0 amide bonds. The molecule has 0 atom stereocenters. The van der Waals surface area contributed by atoms with E-state index in [9.17, 15) is 4.79 Å². The molecule has 2 aromatic carbocycles. The van der Waals surface area contributed by atoms with E-state index in [1.165, 1.54) is 19.3 Å². The van der Waals surface area contributed by atoms with Crippen molar-refractivity contribution in [3.8, 4) is 17.0 Å². The van der Waals surface area contributed by atoms with Crippen molar-refractivity contribution in [1.29, 1.82) is 0 Å². The second-order valence-electron chi connectivity index (χ2n) is 7.35. The van der Waals surface area contributed by atoms with E-state index < -0.39 is 0 Å². The summed E-state index contributed by atoms with van der Waals surface area (Å²) in [5, 5.41) is 0.832. The van der Waals surface area contributed by atoms with Crippen molar-refractivity contribution in [2.24, 2.45) is 0 Å². The van der Waals surface area contributed by atoms with Crippen molar-refractivity contribution in [2.75, 3.05) is 13.7 Å². The first-order valence-electron chi connectivity index (χ1n) is 10.4. The number of ether oxygens (including phenoxy) is 2. The molecular weight excluding hydrogens is 362 g/mol. The number of aryl methyl sites for hydroxylation is 1. The lowest BCUT2D eigenvalue weighted by Gasteiger charge is -2.11. The molecule has 0 saturated carbocycles. The molecule has 1 aromatic heterocycles. The van der Waals surface area contributed by atoms with Gasteiger partial charge in [0, 0.05) is 10.9 Å². The Morgan fingerprint density at radius 1 is 0.966 bits per heavy atom. The molecule has 152 valence electrons. The van der Waals surface area contributed by atoms with Gasteiger partial charge in [-0.3, -0.25) is 0 Å². The van der Waals surface area contributed by atoms with Gasteiger partial charge in [-0.25, -0.2) is 9.78 Å². The van der Waals surface area contributed by atoms with Gasteiger partial charge in [0.05, 0.1) is 30.5 Å². The molecule has 0 aliphatic rings. The molecular formula is C25H29NO3. The Morgan fingerprint density at radius 2 is 1.72 bits per heavy atom. The maximum Gasteiger partial charge on any atom is 0.338 e. The summed E-state index contributed by atoms with van der Waals surface area (Å²) in [7, 11) is 1.64. The van der Waals surface area contributed by atoms with E-state index >= 15 is 0 Å². The van der Waals surface area contributed by atoms with E-state index in [0.29, 0.717) is 12.2 Å². The van der Waals surface area contributed by atoms with E-state index in [2.05, 4.69) is 6.92 Å². The molecule has 0 aliphatic carbocycles. The zero-order chi connectivity index (χ0) is 20.6. The van der Waals surface area contributed by atoms with Crippen LogP contribution in [0.15, 0.2) is 48.5 Å². The van der Waals surface area contributed by atoms with Gasteiger partial charge >= 0.3 is 5.97 Å². The van der Waals surface area contributed by atoms with Gasteiger partial charge < -0.3 is 9.47 Å². The van der Waals surface area contributed by atoms with Crippen molar-refractivity contribution >= 4 is 16.9 Å². The van der Waals surface area contributed by atoms with Crippen LogP contribution in [-0.2, 0) is 4.74 Å². The maximum absolute atomic E-state index is 12.9. The van der Waals surface area contributed by atoms with Crippen molar-refractivity contribution in [1.82, 2.24) is 4.98 Å². The maximum atomic E-state index is 12.9. The van der Waals surface area contributed by atoms with Crippen LogP contribution in [0.5, 0.6) is 5.75 Å². The first-order chi connectivity index (χ1) is 14.1. The zero-order valence-corrected chi connectivity index (χ0v) is 17.5. The number of carbonyl (C=O) groups excluding carboxylic acids is 1. The van der Waals surface area contributed by atoms with Gasteiger partial charge in [0.15, 0.2) is 0 Å². The highest BCUT2D eigenvalue weighted by atomic mass is 16.5. The number of rotatable bonds is 9. The van der Waals surface area contributed by atoms with Crippen LogP contribution >= 0.6 is 0 Å². The minimum Gasteiger partial charge on any atom is -0.497 e. The predicted molar refractivity (Wildman–Crippen MR) is 118 cm³/mol. The summed E-state index contributed by atoms with van der Waals surface area (Å²) >= 11 is 0. The second-order valence-corrected chi connectivity index (χ2v) is 7.35. The molecule has 1 heterocycles. The van der Waals surface area contributed by atoms with Gasteiger partial charge in [-0.05, 0) is 55.8 Å². The third-order valence-electron chi connectivity index (χ3n) is 5.05. The Morgan fingerprint density at radius 3 is 2.45 bits per heavy atom. The van der Waals surface area contributed by atoms with Gasteiger partial charge in [-0.2, -0.15) is 0 Å². The van der Waals surface area contributed by atoms with Gasteiger partial charge in [0.2, 0.25) is 0 Å². The summed E-state index contributed by atoms with van der Waals surface area (Å²) in [6.07, 6.45) is 5.62. The highest BCUT2D eigenvalue weighted by Gasteiger charge is 2.15. The van der Waals surface area contributed by atoms with Crippen molar-refractivity contribution in [2.45, 2.75) is 46.0 Å². The number of nitrogens with zero attached hydrogens (tertiary/aromatic N) is 1. The molecule has 0 spiro atoms. The SMILES string of the molecule is CCCCCCCOC(=O)c1cc(-c2ccc(OC)cc2)nc2ccc(C)cc12. The molecule has 0 saturated heterocycles. The summed E-state index contributed by atoms with van der Waals surface area (Å²) < 4.78 is 10.8. The second kappa shape index (κ2) is 10.1. The fraction of sp³-hybridized carbons (Fsp3) is 0.360. The minimum absolute atomic E-state index is 0.284. The van der Waals surface area contributed by atoms with Crippen LogP contribution in [0.4, 0.5) is 0 Å². The van der Waals surface area contributed by atoms with Gasteiger partial charge in [0.25, 0.3) is 0 Å². The van der Waals surface area contributed by atoms with Crippen LogP contribution < -0.4 is 4.74 Å². The Balaban J connectivity index is 1.87. The summed E-state index contributed by atoms with van der Waals surface area (Å²) in [6, 6.07) is 15.5. The molecule has 29 heavy (non-hydrogen) atoms. The lowest BCUT2D eigenvalue weighted by atomic mass is 10.0. The van der Waals surface area contributed by atoms with Crippen molar-refractivity contribution in [3.05, 3.63) is 59.7 Å². The average Bonchev–Trinajstić information content (AvgIpc) is 2.75. The molecule has 4 heteroatoms. The number of pyridine rings is 1. The zero-order valence-electron chi connectivity index (χ0n) is 17.5. The van der Waals surface area contributed by atoms with Gasteiger partial charge in [-0.1, -0.05) is 44.2 Å². The number of unbranched alkanes of at least 4 members (excludes halogenated alkanes) is 4. The third kappa shape index (κ3) is 5.35. The molecule has 0 aliphatic heterocycles. The van der Waals surface area contributed by atoms with Crippen LogP contribution in [0.2, 0.25) is 0 Å². The molecule has 0 fully saturated rings. The van der Waals surface area contributed by atoms with Crippen molar-refractivity contribution < 1.29 is 14.3 Å². The molecule has 0 N–H and O–H groups in total. The number of hydrogen-bond acceptors (Lipinski definition) is 4. The smallest absolute Gasteiger partial charge is 0.338 e. The van der Waals surface area contributed by atoms with Crippen LogP contribution in [0, 0.1) is 6.92 Å². The number of aromatic nitrogens is 1. The van der Waals surface area contributed by atoms with Crippen LogP contribution in [0.25, 0.3) is 22.2 Å². The van der Waals surface area contributed by atoms with Gasteiger partial charge in [-0.15, -0.1) is 0 Å². The van der Waals surface area contributed by atoms with Crippen LogP contribution in [0.1, 0.15) is 54.9 Å². The Hall–Kier alpha value is -2.88. The van der Waals surface area contributed by atoms with Crippen LogP contribution in [0.3, 0.4) is 0 Å². The topological polar surface area (TPSA) is 48.4 Å². The normalized spacial score (nSPS) is 10.9. The fourth-order valence-corrected chi connectivity index (χ4v) is 3.37.